The Morgan fingerprint density at radius 1 is 1.12 bits per heavy atom. The molecule has 5 nitrogen and oxygen atoms in total. The topological polar surface area (TPSA) is 52.7 Å². The second kappa shape index (κ2) is 8.84. The summed E-state index contributed by atoms with van der Waals surface area (Å²) in [5.74, 6) is 0.315. The van der Waals surface area contributed by atoms with Crippen molar-refractivity contribution in [2.75, 3.05) is 26.2 Å². The molecule has 1 N–H and O–H groups in total. The highest BCUT2D eigenvalue weighted by atomic mass is 16.2. The molecule has 140 valence electrons. The number of allylic oxidation sites excluding steroid dienone is 1. The van der Waals surface area contributed by atoms with Crippen LogP contribution in [0.25, 0.3) is 0 Å². The normalized spacial score (nSPS) is 27.4. The summed E-state index contributed by atoms with van der Waals surface area (Å²) < 4.78 is 0. The predicted molar refractivity (Wildman–Crippen MR) is 99.2 cm³/mol. The summed E-state index contributed by atoms with van der Waals surface area (Å²) in [4.78, 5) is 28.6. The van der Waals surface area contributed by atoms with Crippen LogP contribution in [0, 0.1) is 0 Å². The van der Waals surface area contributed by atoms with Gasteiger partial charge in [0.05, 0.1) is 6.54 Å². The van der Waals surface area contributed by atoms with Crippen LogP contribution in [0.3, 0.4) is 0 Å². The molecule has 5 heteroatoms. The summed E-state index contributed by atoms with van der Waals surface area (Å²) >= 11 is 0. The van der Waals surface area contributed by atoms with E-state index in [9.17, 15) is 9.59 Å². The van der Waals surface area contributed by atoms with E-state index in [2.05, 4.69) is 16.3 Å². The van der Waals surface area contributed by atoms with Crippen molar-refractivity contribution in [3.8, 4) is 0 Å². The second-order valence-corrected chi connectivity index (χ2v) is 7.81. The van der Waals surface area contributed by atoms with E-state index in [0.717, 1.165) is 51.7 Å². The first-order chi connectivity index (χ1) is 12.1. The molecule has 0 aromatic carbocycles. The minimum Gasteiger partial charge on any atom is -0.355 e. The van der Waals surface area contributed by atoms with Gasteiger partial charge in [0.15, 0.2) is 0 Å². The lowest BCUT2D eigenvalue weighted by molar-refractivity contribution is -0.130. The number of rotatable bonds is 6. The van der Waals surface area contributed by atoms with Crippen LogP contribution >= 0.6 is 0 Å². The first-order valence-corrected chi connectivity index (χ1v) is 10.1. The maximum Gasteiger partial charge on any atom is 0.234 e. The highest BCUT2D eigenvalue weighted by Gasteiger charge is 2.39. The van der Waals surface area contributed by atoms with Gasteiger partial charge in [-0.15, -0.1) is 0 Å². The van der Waals surface area contributed by atoms with Crippen LogP contribution in [0.15, 0.2) is 11.6 Å². The molecule has 0 spiro atoms. The molecule has 0 aromatic rings. The van der Waals surface area contributed by atoms with Crippen molar-refractivity contribution in [3.05, 3.63) is 11.6 Å². The highest BCUT2D eigenvalue weighted by molar-refractivity contribution is 5.78. The molecule has 0 saturated carbocycles. The van der Waals surface area contributed by atoms with Gasteiger partial charge >= 0.3 is 0 Å². The molecule has 3 aliphatic rings. The summed E-state index contributed by atoms with van der Waals surface area (Å²) in [6.07, 6.45) is 12.8. The zero-order valence-corrected chi connectivity index (χ0v) is 15.6. The Morgan fingerprint density at radius 3 is 2.68 bits per heavy atom. The van der Waals surface area contributed by atoms with E-state index >= 15 is 0 Å². The zero-order chi connectivity index (χ0) is 17.6. The fourth-order valence-electron chi connectivity index (χ4n) is 4.80. The van der Waals surface area contributed by atoms with Gasteiger partial charge in [0.2, 0.25) is 11.8 Å². The van der Waals surface area contributed by atoms with Crippen molar-refractivity contribution in [3.63, 3.8) is 0 Å². The van der Waals surface area contributed by atoms with Gasteiger partial charge in [-0.3, -0.25) is 14.5 Å². The number of nitrogens with one attached hydrogen (secondary N) is 1. The van der Waals surface area contributed by atoms with Crippen LogP contribution in [0.1, 0.15) is 64.7 Å². The smallest absolute Gasteiger partial charge is 0.234 e. The third kappa shape index (κ3) is 4.84. The summed E-state index contributed by atoms with van der Waals surface area (Å²) in [6.45, 7) is 4.76. The van der Waals surface area contributed by atoms with Crippen LogP contribution in [0.2, 0.25) is 0 Å². The van der Waals surface area contributed by atoms with E-state index in [-0.39, 0.29) is 11.8 Å². The van der Waals surface area contributed by atoms with E-state index < -0.39 is 0 Å². The maximum absolute atomic E-state index is 12.4. The van der Waals surface area contributed by atoms with Gasteiger partial charge in [-0.2, -0.15) is 0 Å². The molecular formula is C20H33N3O2. The number of carbonyl (C=O) groups is 2. The lowest BCUT2D eigenvalue weighted by atomic mass is 9.97. The number of likely N-dealkylation sites (tertiary alicyclic amines) is 2. The summed E-state index contributed by atoms with van der Waals surface area (Å²) in [6, 6.07) is 0.665. The van der Waals surface area contributed by atoms with Gasteiger partial charge in [0.1, 0.15) is 0 Å². The van der Waals surface area contributed by atoms with Crippen molar-refractivity contribution in [2.45, 2.75) is 76.8 Å². The van der Waals surface area contributed by atoms with Crippen molar-refractivity contribution in [1.29, 1.82) is 0 Å². The summed E-state index contributed by atoms with van der Waals surface area (Å²) in [5.41, 5.74) is 1.51. The molecule has 2 fully saturated rings. The van der Waals surface area contributed by atoms with E-state index in [1.165, 1.54) is 31.3 Å². The summed E-state index contributed by atoms with van der Waals surface area (Å²) in [7, 11) is 0. The van der Waals surface area contributed by atoms with Crippen LogP contribution in [0.4, 0.5) is 0 Å². The van der Waals surface area contributed by atoms with Gasteiger partial charge in [-0.05, 0) is 64.3 Å². The average molecular weight is 348 g/mol. The molecule has 2 atom stereocenters. The number of hydrogen-bond donors (Lipinski definition) is 1. The first kappa shape index (κ1) is 18.4. The van der Waals surface area contributed by atoms with Crippen LogP contribution in [0.5, 0.6) is 0 Å². The van der Waals surface area contributed by atoms with E-state index in [4.69, 9.17) is 0 Å². The summed E-state index contributed by atoms with van der Waals surface area (Å²) in [5, 5.41) is 3.10. The third-order valence-electron chi connectivity index (χ3n) is 6.06. The molecular weight excluding hydrogens is 314 g/mol. The van der Waals surface area contributed by atoms with Crippen LogP contribution in [-0.2, 0) is 9.59 Å². The molecule has 0 aromatic heterocycles. The molecule has 25 heavy (non-hydrogen) atoms. The molecule has 2 saturated heterocycles. The number of amides is 2. The number of nitrogens with zero attached hydrogens (tertiary/aromatic N) is 2. The Hall–Kier alpha value is -1.36. The lowest BCUT2D eigenvalue weighted by Crippen LogP contribution is -2.50. The maximum atomic E-state index is 12.4. The molecule has 2 heterocycles. The minimum absolute atomic E-state index is 0.135. The van der Waals surface area contributed by atoms with Crippen molar-refractivity contribution in [2.24, 2.45) is 0 Å². The fraction of sp³-hybridized carbons (Fsp3) is 0.800. The average Bonchev–Trinajstić information content (AvgIpc) is 3.24. The standard InChI is InChI=1S/C20H33N3O2/c1-16(24)23-14-6-10-19(23)18-9-5-13-22(18)15-20(25)21-12-11-17-7-3-2-4-8-17/h7,18-19H,2-6,8-15H2,1H3,(H,21,25)/t18-,19+/m1/s1. The van der Waals surface area contributed by atoms with Crippen molar-refractivity contribution < 1.29 is 9.59 Å². The molecule has 1 aliphatic carbocycles. The van der Waals surface area contributed by atoms with Gasteiger partial charge < -0.3 is 10.2 Å². The van der Waals surface area contributed by atoms with Crippen molar-refractivity contribution >= 4 is 11.8 Å². The monoisotopic (exact) mass is 347 g/mol. The van der Waals surface area contributed by atoms with Gasteiger partial charge in [-0.1, -0.05) is 11.6 Å². The molecule has 0 bridgehead atoms. The number of carbonyl (C=O) groups excluding carboxylic acids is 2. The Balaban J connectivity index is 1.45. The molecule has 0 radical (unpaired) electrons. The molecule has 2 amide bonds. The van der Waals surface area contributed by atoms with Gasteiger partial charge in [-0.25, -0.2) is 0 Å². The van der Waals surface area contributed by atoms with E-state index in [1.54, 1.807) is 6.92 Å². The van der Waals surface area contributed by atoms with Gasteiger partial charge in [0, 0.05) is 32.1 Å². The lowest BCUT2D eigenvalue weighted by Gasteiger charge is -2.34. The molecule has 0 unspecified atom stereocenters. The quantitative estimate of drug-likeness (QED) is 0.751. The van der Waals surface area contributed by atoms with Crippen LogP contribution < -0.4 is 5.32 Å². The van der Waals surface area contributed by atoms with E-state index in [1.807, 2.05) is 4.90 Å². The highest BCUT2D eigenvalue weighted by Crippen LogP contribution is 2.29. The fourth-order valence-corrected chi connectivity index (χ4v) is 4.80. The van der Waals surface area contributed by atoms with Crippen LogP contribution in [-0.4, -0.2) is 59.9 Å². The van der Waals surface area contributed by atoms with Gasteiger partial charge in [0.25, 0.3) is 0 Å². The molecule has 3 rings (SSSR count). The predicted octanol–water partition coefficient (Wildman–Crippen LogP) is 2.47. The molecule has 2 aliphatic heterocycles. The number of hydrogen-bond acceptors (Lipinski definition) is 3. The largest absolute Gasteiger partial charge is 0.355 e. The van der Waals surface area contributed by atoms with Crippen molar-refractivity contribution in [1.82, 2.24) is 15.1 Å². The Bertz CT molecular complexity index is 517. The zero-order valence-electron chi connectivity index (χ0n) is 15.6. The minimum atomic E-state index is 0.135. The second-order valence-electron chi connectivity index (χ2n) is 7.81. The Kier molecular flexibility index (Phi) is 6.51. The Morgan fingerprint density at radius 2 is 1.92 bits per heavy atom. The Labute approximate surface area is 151 Å². The van der Waals surface area contributed by atoms with E-state index in [0.29, 0.717) is 18.6 Å². The third-order valence-corrected chi connectivity index (χ3v) is 6.06. The first-order valence-electron chi connectivity index (χ1n) is 10.1. The SMILES string of the molecule is CC(=O)N1CCC[C@H]1[C@H]1CCCN1CC(=O)NCCC1=CCCCC1.